The Morgan fingerprint density at radius 2 is 1.90 bits per heavy atom. The van der Waals surface area contributed by atoms with Gasteiger partial charge in [0.2, 0.25) is 0 Å². The zero-order valence-corrected chi connectivity index (χ0v) is 11.7. The Labute approximate surface area is 121 Å². The molecule has 0 amide bonds. The summed E-state index contributed by atoms with van der Waals surface area (Å²) in [5, 5.41) is 8.72. The first-order valence-corrected chi connectivity index (χ1v) is 6.36. The Hall–Kier alpha value is -1.95. The van der Waals surface area contributed by atoms with E-state index in [9.17, 15) is 13.6 Å². The Morgan fingerprint density at radius 1 is 1.15 bits per heavy atom. The van der Waals surface area contributed by atoms with Crippen LogP contribution in [-0.4, -0.2) is 11.1 Å². The zero-order chi connectivity index (χ0) is 14.7. The minimum Gasteiger partial charge on any atom is -0.486 e. The third kappa shape index (κ3) is 3.33. The van der Waals surface area contributed by atoms with Crippen LogP contribution >= 0.6 is 15.9 Å². The number of carboxylic acids is 1. The number of halogens is 3. The van der Waals surface area contributed by atoms with E-state index in [2.05, 4.69) is 15.9 Å². The fourth-order valence-corrected chi connectivity index (χ4v) is 1.88. The van der Waals surface area contributed by atoms with Gasteiger partial charge in [-0.2, -0.15) is 0 Å². The summed E-state index contributed by atoms with van der Waals surface area (Å²) in [5.41, 5.74) is -0.00531. The van der Waals surface area contributed by atoms with Gasteiger partial charge >= 0.3 is 5.97 Å². The van der Waals surface area contributed by atoms with E-state index < -0.39 is 17.6 Å². The third-order valence-electron chi connectivity index (χ3n) is 2.58. The second-order valence-electron chi connectivity index (χ2n) is 3.97. The average Bonchev–Trinajstić information content (AvgIpc) is 2.40. The summed E-state index contributed by atoms with van der Waals surface area (Å²) in [6.45, 7) is -0.195. The maximum absolute atomic E-state index is 13.6. The first-order chi connectivity index (χ1) is 9.47. The lowest BCUT2D eigenvalue weighted by Gasteiger charge is -2.09. The Balaban J connectivity index is 2.15. The number of carbonyl (C=O) groups is 1. The molecule has 2 aromatic rings. The molecule has 2 rings (SSSR count). The van der Waals surface area contributed by atoms with Crippen molar-refractivity contribution in [3.63, 3.8) is 0 Å². The first kappa shape index (κ1) is 14.5. The van der Waals surface area contributed by atoms with Crippen molar-refractivity contribution in [1.29, 1.82) is 0 Å². The van der Waals surface area contributed by atoms with Gasteiger partial charge in [-0.05, 0) is 30.3 Å². The molecule has 0 atom stereocenters. The Kier molecular flexibility index (Phi) is 4.34. The van der Waals surface area contributed by atoms with Crippen molar-refractivity contribution < 1.29 is 23.4 Å². The molecule has 0 spiro atoms. The van der Waals surface area contributed by atoms with Crippen LogP contribution in [0.4, 0.5) is 8.78 Å². The fraction of sp³-hybridized carbons (Fsp3) is 0.0714. The van der Waals surface area contributed by atoms with E-state index in [1.165, 1.54) is 30.3 Å². The fourth-order valence-electron chi connectivity index (χ4n) is 1.54. The standard InChI is InChI=1S/C14H9BrF2O3/c15-10-3-4-11(16)13(6-10)20-7-9-2-1-8(14(18)19)5-12(9)17/h1-6H,7H2,(H,18,19). The lowest BCUT2D eigenvalue weighted by Crippen LogP contribution is -2.03. The largest absolute Gasteiger partial charge is 0.486 e. The molecule has 0 aliphatic carbocycles. The SMILES string of the molecule is O=C(O)c1ccc(COc2cc(Br)ccc2F)c(F)c1. The molecule has 20 heavy (non-hydrogen) atoms. The average molecular weight is 343 g/mol. The lowest BCUT2D eigenvalue weighted by atomic mass is 10.1. The molecule has 0 saturated carbocycles. The third-order valence-corrected chi connectivity index (χ3v) is 3.07. The summed E-state index contributed by atoms with van der Waals surface area (Å²) in [6.07, 6.45) is 0. The number of benzene rings is 2. The van der Waals surface area contributed by atoms with Gasteiger partial charge in [0.15, 0.2) is 11.6 Å². The van der Waals surface area contributed by atoms with Gasteiger partial charge in [-0.15, -0.1) is 0 Å². The normalized spacial score (nSPS) is 10.3. The van der Waals surface area contributed by atoms with Gasteiger partial charge in [0.25, 0.3) is 0 Å². The van der Waals surface area contributed by atoms with Gasteiger partial charge in [0.05, 0.1) is 5.56 Å². The highest BCUT2D eigenvalue weighted by Gasteiger charge is 2.10. The van der Waals surface area contributed by atoms with E-state index >= 15 is 0 Å². The number of carboxylic acid groups (broad SMARTS) is 1. The van der Waals surface area contributed by atoms with Crippen LogP contribution in [-0.2, 0) is 6.61 Å². The van der Waals surface area contributed by atoms with Crippen molar-refractivity contribution in [1.82, 2.24) is 0 Å². The molecule has 0 aromatic heterocycles. The zero-order valence-electron chi connectivity index (χ0n) is 10.1. The molecule has 2 aromatic carbocycles. The van der Waals surface area contributed by atoms with Crippen molar-refractivity contribution in [3.05, 3.63) is 63.6 Å². The predicted molar refractivity (Wildman–Crippen MR) is 71.8 cm³/mol. The summed E-state index contributed by atoms with van der Waals surface area (Å²) < 4.78 is 32.9. The predicted octanol–water partition coefficient (Wildman–Crippen LogP) is 4.00. The van der Waals surface area contributed by atoms with Crippen LogP contribution in [0.1, 0.15) is 15.9 Å². The van der Waals surface area contributed by atoms with E-state index in [0.717, 1.165) is 6.07 Å². The molecule has 0 aliphatic rings. The molecule has 0 heterocycles. The van der Waals surface area contributed by atoms with E-state index in [1.807, 2.05) is 0 Å². The minimum absolute atomic E-state index is 0.0129. The van der Waals surface area contributed by atoms with Gasteiger partial charge in [-0.3, -0.25) is 0 Å². The van der Waals surface area contributed by atoms with Crippen LogP contribution in [0.5, 0.6) is 5.75 Å². The van der Waals surface area contributed by atoms with E-state index in [4.69, 9.17) is 9.84 Å². The van der Waals surface area contributed by atoms with Gasteiger partial charge in [0, 0.05) is 10.0 Å². The number of hydrogen-bond donors (Lipinski definition) is 1. The second-order valence-corrected chi connectivity index (χ2v) is 4.89. The van der Waals surface area contributed by atoms with Gasteiger partial charge in [-0.25, -0.2) is 13.6 Å². The van der Waals surface area contributed by atoms with Crippen molar-refractivity contribution in [2.45, 2.75) is 6.61 Å². The van der Waals surface area contributed by atoms with Gasteiger partial charge in [0.1, 0.15) is 12.4 Å². The number of hydrogen-bond acceptors (Lipinski definition) is 2. The van der Waals surface area contributed by atoms with Gasteiger partial charge < -0.3 is 9.84 Å². The molecule has 0 radical (unpaired) electrons. The van der Waals surface area contributed by atoms with Crippen molar-refractivity contribution in [2.75, 3.05) is 0 Å². The topological polar surface area (TPSA) is 46.5 Å². The van der Waals surface area contributed by atoms with Crippen LogP contribution in [0.15, 0.2) is 40.9 Å². The van der Waals surface area contributed by atoms with Crippen molar-refractivity contribution in [3.8, 4) is 5.75 Å². The summed E-state index contributed by atoms with van der Waals surface area (Å²) in [7, 11) is 0. The molecular weight excluding hydrogens is 334 g/mol. The summed E-state index contributed by atoms with van der Waals surface area (Å²) in [5.74, 6) is -2.49. The lowest BCUT2D eigenvalue weighted by molar-refractivity contribution is 0.0696. The van der Waals surface area contributed by atoms with Crippen LogP contribution in [0, 0.1) is 11.6 Å². The molecule has 3 nitrogen and oxygen atoms in total. The molecule has 104 valence electrons. The van der Waals surface area contributed by atoms with E-state index in [0.29, 0.717) is 4.47 Å². The Morgan fingerprint density at radius 3 is 2.55 bits per heavy atom. The van der Waals surface area contributed by atoms with Crippen LogP contribution in [0.2, 0.25) is 0 Å². The Bertz CT molecular complexity index is 659. The molecule has 0 unspecified atom stereocenters. The molecule has 0 aliphatic heterocycles. The van der Waals surface area contributed by atoms with Crippen molar-refractivity contribution in [2.24, 2.45) is 0 Å². The summed E-state index contributed by atoms with van der Waals surface area (Å²) in [4.78, 5) is 10.7. The second kappa shape index (κ2) is 6.00. The van der Waals surface area contributed by atoms with Crippen LogP contribution < -0.4 is 4.74 Å². The number of rotatable bonds is 4. The van der Waals surface area contributed by atoms with Crippen LogP contribution in [0.25, 0.3) is 0 Å². The maximum Gasteiger partial charge on any atom is 0.335 e. The smallest absolute Gasteiger partial charge is 0.335 e. The highest BCUT2D eigenvalue weighted by atomic mass is 79.9. The molecule has 0 fully saturated rings. The summed E-state index contributed by atoms with van der Waals surface area (Å²) in [6, 6.07) is 7.64. The highest BCUT2D eigenvalue weighted by Crippen LogP contribution is 2.23. The van der Waals surface area contributed by atoms with Crippen molar-refractivity contribution >= 4 is 21.9 Å². The quantitative estimate of drug-likeness (QED) is 0.913. The van der Waals surface area contributed by atoms with Crippen LogP contribution in [0.3, 0.4) is 0 Å². The van der Waals surface area contributed by atoms with E-state index in [1.54, 1.807) is 0 Å². The molecular formula is C14H9BrF2O3. The number of aromatic carboxylic acids is 1. The summed E-state index contributed by atoms with van der Waals surface area (Å²) >= 11 is 3.18. The van der Waals surface area contributed by atoms with Gasteiger partial charge in [-0.1, -0.05) is 22.0 Å². The molecule has 1 N–H and O–H groups in total. The van der Waals surface area contributed by atoms with E-state index in [-0.39, 0.29) is 23.5 Å². The molecule has 0 bridgehead atoms. The monoisotopic (exact) mass is 342 g/mol. The minimum atomic E-state index is -1.21. The number of ether oxygens (including phenoxy) is 1. The molecule has 0 saturated heterocycles. The highest BCUT2D eigenvalue weighted by molar-refractivity contribution is 9.10. The maximum atomic E-state index is 13.6. The molecule has 6 heteroatoms. The first-order valence-electron chi connectivity index (χ1n) is 5.57.